The molecular formula is C17H19NO7S. The molecule has 0 aliphatic carbocycles. The number of methoxy groups -OCH3 is 1. The molecule has 0 bridgehead atoms. The first-order valence-corrected chi connectivity index (χ1v) is 9.54. The van der Waals surface area contributed by atoms with Crippen molar-refractivity contribution in [1.29, 1.82) is 0 Å². The summed E-state index contributed by atoms with van der Waals surface area (Å²) in [5.74, 6) is -0.941. The van der Waals surface area contributed by atoms with Gasteiger partial charge in [0, 0.05) is 6.54 Å². The summed E-state index contributed by atoms with van der Waals surface area (Å²) in [5, 5.41) is 0. The minimum atomic E-state index is -3.22. The molecule has 0 fully saturated rings. The van der Waals surface area contributed by atoms with E-state index in [0.29, 0.717) is 12.0 Å². The average molecular weight is 381 g/mol. The highest BCUT2D eigenvalue weighted by Crippen LogP contribution is 2.14. The number of furan rings is 1. The molecule has 0 saturated heterocycles. The number of sulfonamides is 1. The van der Waals surface area contributed by atoms with E-state index in [1.54, 1.807) is 24.3 Å². The van der Waals surface area contributed by atoms with Gasteiger partial charge >= 0.3 is 11.9 Å². The van der Waals surface area contributed by atoms with Gasteiger partial charge in [0.05, 0.1) is 25.2 Å². The highest BCUT2D eigenvalue weighted by Gasteiger charge is 2.17. The second-order valence-corrected chi connectivity index (χ2v) is 7.27. The Balaban J connectivity index is 1.90. The quantitative estimate of drug-likeness (QED) is 0.690. The minimum absolute atomic E-state index is 0.198. The number of carbonyl (C=O) groups excluding carboxylic acids is 2. The smallest absolute Gasteiger partial charge is 0.341 e. The second kappa shape index (κ2) is 8.63. The van der Waals surface area contributed by atoms with Crippen molar-refractivity contribution in [3.05, 3.63) is 59.0 Å². The van der Waals surface area contributed by atoms with E-state index >= 15 is 0 Å². The molecule has 26 heavy (non-hydrogen) atoms. The standard InChI is InChI=1S/C17H19NO7S/c1-23-17(20)14-8-10-24-15(14)11-25-16(19)13-5-3-12(4-6-13)7-9-18-26(2,21)22/h3-6,8,10,18H,7,9,11H2,1-2H3. The average Bonchev–Trinajstić information content (AvgIpc) is 3.07. The third-order valence-corrected chi connectivity index (χ3v) is 4.18. The summed E-state index contributed by atoms with van der Waals surface area (Å²) in [6.07, 6.45) is 2.91. The lowest BCUT2D eigenvalue weighted by Crippen LogP contribution is -2.24. The van der Waals surface area contributed by atoms with Gasteiger partial charge in [-0.3, -0.25) is 0 Å². The van der Waals surface area contributed by atoms with Gasteiger partial charge in [0.25, 0.3) is 0 Å². The summed E-state index contributed by atoms with van der Waals surface area (Å²) in [7, 11) is -1.97. The predicted octanol–water partition coefficient (Wildman–Crippen LogP) is 1.51. The molecule has 9 heteroatoms. The van der Waals surface area contributed by atoms with Crippen LogP contribution in [0.2, 0.25) is 0 Å². The van der Waals surface area contributed by atoms with Crippen molar-refractivity contribution in [3.63, 3.8) is 0 Å². The first-order valence-electron chi connectivity index (χ1n) is 7.65. The molecule has 0 spiro atoms. The molecule has 8 nitrogen and oxygen atoms in total. The van der Waals surface area contributed by atoms with E-state index in [2.05, 4.69) is 9.46 Å². The van der Waals surface area contributed by atoms with Crippen molar-refractivity contribution >= 4 is 22.0 Å². The number of hydrogen-bond donors (Lipinski definition) is 1. The zero-order chi connectivity index (χ0) is 19.2. The minimum Gasteiger partial charge on any atom is -0.465 e. The van der Waals surface area contributed by atoms with Gasteiger partial charge in [0.15, 0.2) is 12.4 Å². The summed E-state index contributed by atoms with van der Waals surface area (Å²) in [6, 6.07) is 8.04. The number of nitrogens with one attached hydrogen (secondary N) is 1. The fraction of sp³-hybridized carbons (Fsp3) is 0.294. The van der Waals surface area contributed by atoms with Crippen LogP contribution in [-0.2, 0) is 32.5 Å². The van der Waals surface area contributed by atoms with Crippen molar-refractivity contribution < 1.29 is 31.9 Å². The Bertz CT molecular complexity index is 869. The number of carbonyl (C=O) groups is 2. The van der Waals surface area contributed by atoms with E-state index in [1.165, 1.54) is 19.4 Å². The van der Waals surface area contributed by atoms with Crippen LogP contribution < -0.4 is 4.72 Å². The highest BCUT2D eigenvalue weighted by molar-refractivity contribution is 7.88. The molecule has 1 aromatic carbocycles. The lowest BCUT2D eigenvalue weighted by atomic mass is 10.1. The molecule has 1 N–H and O–H groups in total. The van der Waals surface area contributed by atoms with Crippen LogP contribution in [0, 0.1) is 0 Å². The Kier molecular flexibility index (Phi) is 6.53. The van der Waals surface area contributed by atoms with E-state index in [9.17, 15) is 18.0 Å². The van der Waals surface area contributed by atoms with Gasteiger partial charge in [-0.05, 0) is 30.2 Å². The molecule has 0 unspecified atom stereocenters. The van der Waals surface area contributed by atoms with Gasteiger partial charge in [0.2, 0.25) is 10.0 Å². The van der Waals surface area contributed by atoms with Crippen LogP contribution >= 0.6 is 0 Å². The monoisotopic (exact) mass is 381 g/mol. The zero-order valence-corrected chi connectivity index (χ0v) is 15.2. The van der Waals surface area contributed by atoms with Crippen LogP contribution in [0.3, 0.4) is 0 Å². The molecule has 1 heterocycles. The largest absolute Gasteiger partial charge is 0.465 e. The van der Waals surface area contributed by atoms with Crippen LogP contribution in [0.15, 0.2) is 41.0 Å². The number of esters is 2. The number of ether oxygens (including phenoxy) is 2. The van der Waals surface area contributed by atoms with Gasteiger partial charge in [-0.2, -0.15) is 0 Å². The fourth-order valence-corrected chi connectivity index (χ4v) is 2.62. The van der Waals surface area contributed by atoms with Gasteiger partial charge in [-0.25, -0.2) is 22.7 Å². The van der Waals surface area contributed by atoms with Crippen LogP contribution in [-0.4, -0.2) is 40.3 Å². The molecule has 0 aliphatic heterocycles. The molecule has 0 radical (unpaired) electrons. The van der Waals surface area contributed by atoms with E-state index in [0.717, 1.165) is 11.8 Å². The molecule has 0 saturated carbocycles. The molecular weight excluding hydrogens is 362 g/mol. The fourth-order valence-electron chi connectivity index (χ4n) is 2.15. The lowest BCUT2D eigenvalue weighted by molar-refractivity contribution is 0.0432. The van der Waals surface area contributed by atoms with Gasteiger partial charge in [-0.1, -0.05) is 12.1 Å². The summed E-state index contributed by atoms with van der Waals surface area (Å²) >= 11 is 0. The summed E-state index contributed by atoms with van der Waals surface area (Å²) in [6.45, 7) is 0.0771. The van der Waals surface area contributed by atoms with Crippen LogP contribution in [0.25, 0.3) is 0 Å². The Morgan fingerprint density at radius 3 is 2.42 bits per heavy atom. The SMILES string of the molecule is COC(=O)c1ccoc1COC(=O)c1ccc(CCNS(C)(=O)=O)cc1. The highest BCUT2D eigenvalue weighted by atomic mass is 32.2. The molecule has 2 aromatic rings. The van der Waals surface area contributed by atoms with Crippen molar-refractivity contribution in [3.8, 4) is 0 Å². The Hall–Kier alpha value is -2.65. The van der Waals surface area contributed by atoms with Crippen molar-refractivity contribution in [2.75, 3.05) is 19.9 Å². The molecule has 0 aliphatic rings. The first-order chi connectivity index (χ1) is 12.3. The van der Waals surface area contributed by atoms with Gasteiger partial charge in [0.1, 0.15) is 5.56 Å². The molecule has 1 aromatic heterocycles. The van der Waals surface area contributed by atoms with Crippen molar-refractivity contribution in [1.82, 2.24) is 4.72 Å². The van der Waals surface area contributed by atoms with E-state index in [1.807, 2.05) is 0 Å². The number of rotatable bonds is 8. The van der Waals surface area contributed by atoms with Crippen LogP contribution in [0.4, 0.5) is 0 Å². The predicted molar refractivity (Wildman–Crippen MR) is 92.2 cm³/mol. The Morgan fingerprint density at radius 2 is 1.81 bits per heavy atom. The Labute approximate surface area is 151 Å². The summed E-state index contributed by atoms with van der Waals surface area (Å²) in [4.78, 5) is 23.6. The van der Waals surface area contributed by atoms with E-state index in [-0.39, 0.29) is 24.5 Å². The maximum Gasteiger partial charge on any atom is 0.341 e. The molecule has 0 atom stereocenters. The second-order valence-electron chi connectivity index (χ2n) is 5.44. The maximum absolute atomic E-state index is 12.1. The normalized spacial score (nSPS) is 11.2. The van der Waals surface area contributed by atoms with Crippen LogP contribution in [0.5, 0.6) is 0 Å². The van der Waals surface area contributed by atoms with E-state index < -0.39 is 22.0 Å². The molecule has 140 valence electrons. The summed E-state index contributed by atoms with van der Waals surface area (Å²) in [5.41, 5.74) is 1.40. The lowest BCUT2D eigenvalue weighted by Gasteiger charge is -2.06. The van der Waals surface area contributed by atoms with Crippen LogP contribution in [0.1, 0.15) is 32.0 Å². The zero-order valence-electron chi connectivity index (χ0n) is 14.4. The van der Waals surface area contributed by atoms with Crippen molar-refractivity contribution in [2.45, 2.75) is 13.0 Å². The summed E-state index contributed by atoms with van der Waals surface area (Å²) < 4.78 is 39.3. The number of benzene rings is 1. The maximum atomic E-state index is 12.1. The van der Waals surface area contributed by atoms with E-state index in [4.69, 9.17) is 9.15 Å². The topological polar surface area (TPSA) is 112 Å². The molecule has 0 amide bonds. The third-order valence-electron chi connectivity index (χ3n) is 3.45. The number of hydrogen-bond acceptors (Lipinski definition) is 7. The first kappa shape index (κ1) is 19.7. The third kappa shape index (κ3) is 5.71. The van der Waals surface area contributed by atoms with Gasteiger partial charge < -0.3 is 13.9 Å². The Morgan fingerprint density at radius 1 is 1.12 bits per heavy atom. The molecule has 2 rings (SSSR count). The van der Waals surface area contributed by atoms with Gasteiger partial charge in [-0.15, -0.1) is 0 Å². The van der Waals surface area contributed by atoms with Crippen molar-refractivity contribution in [2.24, 2.45) is 0 Å².